The number of nitrogens with one attached hydrogen (secondary N) is 1. The van der Waals surface area contributed by atoms with Crippen LogP contribution in [0.15, 0.2) is 23.4 Å². The maximum Gasteiger partial charge on any atom is 0.258 e. The molecule has 1 heterocycles. The van der Waals surface area contributed by atoms with Crippen LogP contribution < -0.4 is 10.5 Å². The summed E-state index contributed by atoms with van der Waals surface area (Å²) in [5.41, 5.74) is 6.38. The minimum Gasteiger partial charge on any atom is -0.326 e. The Balaban J connectivity index is 2.05. The van der Waals surface area contributed by atoms with E-state index in [1.165, 1.54) is 18.7 Å². The van der Waals surface area contributed by atoms with Gasteiger partial charge in [-0.1, -0.05) is 19.4 Å². The molecule has 18 heavy (non-hydrogen) atoms. The van der Waals surface area contributed by atoms with Crippen molar-refractivity contribution in [3.05, 3.63) is 23.9 Å². The van der Waals surface area contributed by atoms with E-state index in [4.69, 9.17) is 5.73 Å². The predicted molar refractivity (Wildman–Crippen MR) is 69.3 cm³/mol. The standard InChI is InChI=1S/C12H19N3O2S/c1-12(5-2-6-12)9-15-18(16,17)11-4-3-10(7-13)8-14-11/h3-4,8,15H,2,5-7,9,13H2,1H3. The molecule has 0 spiro atoms. The van der Waals surface area contributed by atoms with E-state index in [1.54, 1.807) is 6.07 Å². The molecule has 6 heteroatoms. The Morgan fingerprint density at radius 1 is 1.44 bits per heavy atom. The molecule has 0 bridgehead atoms. The molecule has 1 aliphatic rings. The fraction of sp³-hybridized carbons (Fsp3) is 0.583. The monoisotopic (exact) mass is 269 g/mol. The highest BCUT2D eigenvalue weighted by molar-refractivity contribution is 7.89. The van der Waals surface area contributed by atoms with E-state index >= 15 is 0 Å². The first-order valence-electron chi connectivity index (χ1n) is 6.10. The fourth-order valence-electron chi connectivity index (χ4n) is 1.99. The SMILES string of the molecule is CC1(CNS(=O)(=O)c2ccc(CN)cn2)CCC1. The smallest absolute Gasteiger partial charge is 0.258 e. The van der Waals surface area contributed by atoms with Crippen LogP contribution in [0.25, 0.3) is 0 Å². The average molecular weight is 269 g/mol. The lowest BCUT2D eigenvalue weighted by Crippen LogP contribution is -2.40. The van der Waals surface area contributed by atoms with Gasteiger partial charge in [-0.15, -0.1) is 0 Å². The summed E-state index contributed by atoms with van der Waals surface area (Å²) in [6.45, 7) is 2.94. The molecule has 1 aromatic rings. The molecule has 100 valence electrons. The molecular weight excluding hydrogens is 250 g/mol. The van der Waals surface area contributed by atoms with Gasteiger partial charge in [-0.25, -0.2) is 18.1 Å². The van der Waals surface area contributed by atoms with Crippen molar-refractivity contribution in [2.45, 2.75) is 37.8 Å². The van der Waals surface area contributed by atoms with E-state index in [0.29, 0.717) is 13.1 Å². The molecule has 1 aliphatic carbocycles. The van der Waals surface area contributed by atoms with E-state index in [0.717, 1.165) is 18.4 Å². The summed E-state index contributed by atoms with van der Waals surface area (Å²) in [4.78, 5) is 3.94. The third-order valence-corrected chi connectivity index (χ3v) is 4.87. The molecule has 0 aliphatic heterocycles. The van der Waals surface area contributed by atoms with Crippen LogP contribution in [0.3, 0.4) is 0 Å². The van der Waals surface area contributed by atoms with Crippen molar-refractivity contribution in [3.8, 4) is 0 Å². The van der Waals surface area contributed by atoms with Crippen LogP contribution in [-0.4, -0.2) is 19.9 Å². The number of sulfonamides is 1. The predicted octanol–water partition coefficient (Wildman–Crippen LogP) is 1.01. The molecule has 0 atom stereocenters. The van der Waals surface area contributed by atoms with Gasteiger partial charge in [0.05, 0.1) is 0 Å². The number of aromatic nitrogens is 1. The van der Waals surface area contributed by atoms with E-state index in [1.807, 2.05) is 0 Å². The van der Waals surface area contributed by atoms with Gasteiger partial charge in [0.25, 0.3) is 10.0 Å². The Bertz CT molecular complexity index is 507. The number of hydrogen-bond donors (Lipinski definition) is 2. The molecule has 1 fully saturated rings. The number of nitrogens with two attached hydrogens (primary N) is 1. The van der Waals surface area contributed by atoms with Crippen molar-refractivity contribution in [3.63, 3.8) is 0 Å². The molecule has 0 aromatic carbocycles. The zero-order valence-electron chi connectivity index (χ0n) is 10.5. The minimum atomic E-state index is -3.50. The summed E-state index contributed by atoms with van der Waals surface area (Å²) >= 11 is 0. The summed E-state index contributed by atoms with van der Waals surface area (Å²) in [5, 5.41) is 0.0580. The van der Waals surface area contributed by atoms with Crippen LogP contribution in [0, 0.1) is 5.41 Å². The van der Waals surface area contributed by atoms with Crippen LogP contribution in [0.5, 0.6) is 0 Å². The van der Waals surface area contributed by atoms with E-state index in [2.05, 4.69) is 16.6 Å². The molecular formula is C12H19N3O2S. The largest absolute Gasteiger partial charge is 0.326 e. The summed E-state index contributed by atoms with van der Waals surface area (Å²) in [6.07, 6.45) is 4.84. The van der Waals surface area contributed by atoms with E-state index in [-0.39, 0.29) is 10.4 Å². The fourth-order valence-corrected chi connectivity index (χ4v) is 3.12. The second kappa shape index (κ2) is 4.95. The van der Waals surface area contributed by atoms with Gasteiger partial charge in [-0.2, -0.15) is 0 Å². The number of rotatable bonds is 5. The molecule has 1 saturated carbocycles. The van der Waals surface area contributed by atoms with Crippen LogP contribution >= 0.6 is 0 Å². The minimum absolute atomic E-state index is 0.0580. The second-order valence-electron chi connectivity index (χ2n) is 5.20. The Hall–Kier alpha value is -0.980. The average Bonchev–Trinajstić information content (AvgIpc) is 2.34. The lowest BCUT2D eigenvalue weighted by atomic mass is 9.71. The van der Waals surface area contributed by atoms with Gasteiger partial charge >= 0.3 is 0 Å². The summed E-state index contributed by atoms with van der Waals surface area (Å²) in [7, 11) is -3.50. The van der Waals surface area contributed by atoms with Gasteiger partial charge in [0.15, 0.2) is 5.03 Å². The topological polar surface area (TPSA) is 85.1 Å². The zero-order valence-corrected chi connectivity index (χ0v) is 11.3. The summed E-state index contributed by atoms with van der Waals surface area (Å²) in [6, 6.07) is 3.18. The van der Waals surface area contributed by atoms with Gasteiger partial charge in [0, 0.05) is 19.3 Å². The summed E-state index contributed by atoms with van der Waals surface area (Å²) < 4.78 is 26.7. The van der Waals surface area contributed by atoms with Crippen LogP contribution in [0.2, 0.25) is 0 Å². The molecule has 5 nitrogen and oxygen atoms in total. The van der Waals surface area contributed by atoms with Crippen LogP contribution in [-0.2, 0) is 16.6 Å². The number of hydrogen-bond acceptors (Lipinski definition) is 4. The highest BCUT2D eigenvalue weighted by Gasteiger charge is 2.33. The van der Waals surface area contributed by atoms with Gasteiger partial charge in [-0.05, 0) is 29.9 Å². The molecule has 2 rings (SSSR count). The highest BCUT2D eigenvalue weighted by atomic mass is 32.2. The van der Waals surface area contributed by atoms with Crippen molar-refractivity contribution in [1.82, 2.24) is 9.71 Å². The zero-order chi connectivity index (χ0) is 13.2. The van der Waals surface area contributed by atoms with Gasteiger partial charge in [0.1, 0.15) is 0 Å². The van der Waals surface area contributed by atoms with E-state index in [9.17, 15) is 8.42 Å². The molecule has 1 aromatic heterocycles. The molecule has 0 saturated heterocycles. The molecule has 3 N–H and O–H groups in total. The Morgan fingerprint density at radius 2 is 2.17 bits per heavy atom. The quantitative estimate of drug-likeness (QED) is 0.835. The van der Waals surface area contributed by atoms with Crippen molar-refractivity contribution in [2.24, 2.45) is 11.1 Å². The maximum atomic E-state index is 12.0. The first kappa shape index (κ1) is 13.5. The van der Waals surface area contributed by atoms with Crippen molar-refractivity contribution >= 4 is 10.0 Å². The Morgan fingerprint density at radius 3 is 2.61 bits per heavy atom. The molecule has 0 amide bonds. The highest BCUT2D eigenvalue weighted by Crippen LogP contribution is 2.39. The number of pyridine rings is 1. The number of nitrogens with zero attached hydrogens (tertiary/aromatic N) is 1. The lowest BCUT2D eigenvalue weighted by Gasteiger charge is -2.38. The van der Waals surface area contributed by atoms with Crippen molar-refractivity contribution < 1.29 is 8.42 Å². The Kier molecular flexibility index (Phi) is 3.70. The lowest BCUT2D eigenvalue weighted by molar-refractivity contribution is 0.166. The third kappa shape index (κ3) is 2.88. The second-order valence-corrected chi connectivity index (χ2v) is 6.91. The maximum absolute atomic E-state index is 12.0. The van der Waals surface area contributed by atoms with E-state index < -0.39 is 10.0 Å². The third-order valence-electron chi connectivity index (χ3n) is 3.56. The van der Waals surface area contributed by atoms with Gasteiger partial charge in [-0.3, -0.25) is 0 Å². The molecule has 0 radical (unpaired) electrons. The molecule has 0 unspecified atom stereocenters. The normalized spacial score (nSPS) is 18.3. The first-order valence-corrected chi connectivity index (χ1v) is 7.58. The van der Waals surface area contributed by atoms with Crippen LogP contribution in [0.1, 0.15) is 31.7 Å². The van der Waals surface area contributed by atoms with Gasteiger partial charge in [0.2, 0.25) is 0 Å². The van der Waals surface area contributed by atoms with Crippen molar-refractivity contribution in [2.75, 3.05) is 6.54 Å². The van der Waals surface area contributed by atoms with Gasteiger partial charge < -0.3 is 5.73 Å². The summed E-state index contributed by atoms with van der Waals surface area (Å²) in [5.74, 6) is 0. The van der Waals surface area contributed by atoms with Crippen molar-refractivity contribution in [1.29, 1.82) is 0 Å². The first-order chi connectivity index (χ1) is 8.45. The Labute approximate surface area is 108 Å². The van der Waals surface area contributed by atoms with Crippen LogP contribution in [0.4, 0.5) is 0 Å².